The molecule has 6 N–H and O–H groups in total. The van der Waals surface area contributed by atoms with Crippen LogP contribution in [-0.2, 0) is 0 Å². The molecule has 6 nitrogen and oxygen atoms in total. The molecular weight excluding hydrogens is 288 g/mol. The van der Waals surface area contributed by atoms with Crippen LogP contribution in [0.2, 0.25) is 0 Å². The van der Waals surface area contributed by atoms with Crippen molar-refractivity contribution in [2.24, 2.45) is 11.8 Å². The zero-order chi connectivity index (χ0) is 17.6. The summed E-state index contributed by atoms with van der Waals surface area (Å²) in [6, 6.07) is 0. The van der Waals surface area contributed by atoms with Crippen molar-refractivity contribution in [3.8, 4) is 0 Å². The van der Waals surface area contributed by atoms with Gasteiger partial charge in [0.05, 0.1) is 24.9 Å². The van der Waals surface area contributed by atoms with Gasteiger partial charge in [-0.1, -0.05) is 0 Å². The van der Waals surface area contributed by atoms with E-state index in [0.29, 0.717) is 31.5 Å². The molecule has 0 aromatic carbocycles. The Hall–Kier alpha value is -0.240. The van der Waals surface area contributed by atoms with E-state index in [1.165, 1.54) is 0 Å². The molecule has 1 aliphatic rings. The third-order valence-electron chi connectivity index (χ3n) is 3.38. The van der Waals surface area contributed by atoms with E-state index >= 15 is 0 Å². The minimum absolute atomic E-state index is 0.125. The molecule has 1 saturated carbocycles. The number of hydrogen-bond donors (Lipinski definition) is 6. The second-order valence-electron chi connectivity index (χ2n) is 6.56. The van der Waals surface area contributed by atoms with Crippen LogP contribution in [0.25, 0.3) is 0 Å². The highest BCUT2D eigenvalue weighted by Crippen LogP contribution is 2.27. The fourth-order valence-electron chi connectivity index (χ4n) is 2.32. The molecule has 0 aromatic heterocycles. The molecule has 1 fully saturated rings. The van der Waals surface area contributed by atoms with Gasteiger partial charge in [-0.25, -0.2) is 0 Å². The van der Waals surface area contributed by atoms with Gasteiger partial charge >= 0.3 is 0 Å². The van der Waals surface area contributed by atoms with Crippen LogP contribution in [0.3, 0.4) is 0 Å². The molecule has 0 radical (unpaired) electrons. The Morgan fingerprint density at radius 2 is 1.18 bits per heavy atom. The first-order valence-corrected chi connectivity index (χ1v) is 8.04. The fraction of sp³-hybridized carbons (Fsp3) is 1.00. The summed E-state index contributed by atoms with van der Waals surface area (Å²) < 4.78 is 0. The van der Waals surface area contributed by atoms with Crippen LogP contribution in [0.1, 0.15) is 52.9 Å². The maximum absolute atomic E-state index is 9.03. The summed E-state index contributed by atoms with van der Waals surface area (Å²) in [5.41, 5.74) is -0.728. The van der Waals surface area contributed by atoms with Gasteiger partial charge in [0.1, 0.15) is 0 Å². The Balaban J connectivity index is 0. The summed E-state index contributed by atoms with van der Waals surface area (Å²) in [7, 11) is 0. The minimum Gasteiger partial charge on any atom is -0.396 e. The fourth-order valence-corrected chi connectivity index (χ4v) is 2.32. The molecule has 1 rings (SSSR count). The maximum atomic E-state index is 9.03. The Bertz CT molecular complexity index is 205. The average Bonchev–Trinajstić information content (AvgIpc) is 2.45. The first-order valence-electron chi connectivity index (χ1n) is 8.04. The van der Waals surface area contributed by atoms with E-state index in [-0.39, 0.29) is 13.2 Å². The molecule has 0 spiro atoms. The molecule has 6 heteroatoms. The lowest BCUT2D eigenvalue weighted by molar-refractivity contribution is 0.0249. The summed E-state index contributed by atoms with van der Waals surface area (Å²) in [6.45, 7) is 5.44. The molecule has 0 aliphatic heterocycles. The predicted octanol–water partition coefficient (Wildman–Crippen LogP) is 0.277. The van der Waals surface area contributed by atoms with Crippen molar-refractivity contribution in [2.45, 2.75) is 64.6 Å². The van der Waals surface area contributed by atoms with Crippen LogP contribution in [-0.4, -0.2) is 68.8 Å². The largest absolute Gasteiger partial charge is 0.396 e. The van der Waals surface area contributed by atoms with Gasteiger partial charge < -0.3 is 30.6 Å². The normalized spacial score (nSPS) is 22.8. The van der Waals surface area contributed by atoms with Gasteiger partial charge in [-0.15, -0.1) is 0 Å². The topological polar surface area (TPSA) is 121 Å². The van der Waals surface area contributed by atoms with E-state index in [4.69, 9.17) is 30.6 Å². The van der Waals surface area contributed by atoms with Gasteiger partial charge in [-0.05, 0) is 58.3 Å². The van der Waals surface area contributed by atoms with Gasteiger partial charge in [-0.3, -0.25) is 0 Å². The van der Waals surface area contributed by atoms with Crippen molar-refractivity contribution < 1.29 is 30.6 Å². The summed E-state index contributed by atoms with van der Waals surface area (Å²) in [6.07, 6.45) is 4.43. The molecule has 1 unspecified atom stereocenters. The Labute approximate surface area is 134 Å². The molecule has 1 aliphatic carbocycles. The summed E-state index contributed by atoms with van der Waals surface area (Å²) in [4.78, 5) is 0. The Morgan fingerprint density at radius 1 is 0.864 bits per heavy atom. The molecular formula is C16H36O6. The van der Waals surface area contributed by atoms with E-state index in [9.17, 15) is 0 Å². The number of aliphatic hydroxyl groups is 6. The summed E-state index contributed by atoms with van der Waals surface area (Å²) in [5, 5.41) is 50.6. The molecule has 0 saturated heterocycles. The molecule has 136 valence electrons. The van der Waals surface area contributed by atoms with Crippen LogP contribution in [0.5, 0.6) is 0 Å². The van der Waals surface area contributed by atoms with Crippen molar-refractivity contribution in [3.63, 3.8) is 0 Å². The highest BCUT2D eigenvalue weighted by molar-refractivity contribution is 4.71. The molecule has 0 amide bonds. The van der Waals surface area contributed by atoms with Crippen molar-refractivity contribution in [2.75, 3.05) is 26.4 Å². The van der Waals surface area contributed by atoms with E-state index in [0.717, 1.165) is 25.7 Å². The second-order valence-corrected chi connectivity index (χ2v) is 6.56. The van der Waals surface area contributed by atoms with Crippen molar-refractivity contribution >= 4 is 0 Å². The summed E-state index contributed by atoms with van der Waals surface area (Å²) >= 11 is 0. The number of aliphatic hydroxyl groups excluding tert-OH is 5. The molecule has 0 bridgehead atoms. The zero-order valence-corrected chi connectivity index (χ0v) is 14.3. The third kappa shape index (κ3) is 17.8. The predicted molar refractivity (Wildman–Crippen MR) is 86.4 cm³/mol. The summed E-state index contributed by atoms with van der Waals surface area (Å²) in [5.74, 6) is 1.03. The van der Waals surface area contributed by atoms with Gasteiger partial charge in [0.2, 0.25) is 0 Å². The van der Waals surface area contributed by atoms with Crippen LogP contribution in [0, 0.1) is 11.8 Å². The van der Waals surface area contributed by atoms with Gasteiger partial charge in [0.25, 0.3) is 0 Å². The third-order valence-corrected chi connectivity index (χ3v) is 3.38. The lowest BCUT2D eigenvalue weighted by Gasteiger charge is -2.25. The zero-order valence-electron chi connectivity index (χ0n) is 14.3. The molecule has 0 aromatic rings. The van der Waals surface area contributed by atoms with E-state index < -0.39 is 11.7 Å². The number of rotatable bonds is 5. The first kappa shape index (κ1) is 24.0. The minimum atomic E-state index is -0.728. The van der Waals surface area contributed by atoms with E-state index in [1.54, 1.807) is 20.8 Å². The SMILES string of the molecule is CC(O)CC(C)(C)O.OCC1CCC(CO)CC1.OCCO. The molecule has 1 atom stereocenters. The second kappa shape index (κ2) is 14.4. The van der Waals surface area contributed by atoms with Crippen LogP contribution in [0.4, 0.5) is 0 Å². The Kier molecular flexibility index (Phi) is 15.7. The molecule has 0 heterocycles. The van der Waals surface area contributed by atoms with E-state index in [2.05, 4.69) is 0 Å². The highest BCUT2D eigenvalue weighted by Gasteiger charge is 2.19. The molecule has 22 heavy (non-hydrogen) atoms. The maximum Gasteiger partial charge on any atom is 0.0662 e. The van der Waals surface area contributed by atoms with Gasteiger partial charge in [-0.2, -0.15) is 0 Å². The average molecular weight is 324 g/mol. The van der Waals surface area contributed by atoms with Crippen molar-refractivity contribution in [1.29, 1.82) is 0 Å². The lowest BCUT2D eigenvalue weighted by Crippen LogP contribution is -2.24. The smallest absolute Gasteiger partial charge is 0.0662 e. The number of hydrogen-bond acceptors (Lipinski definition) is 6. The van der Waals surface area contributed by atoms with Gasteiger partial charge in [0.15, 0.2) is 0 Å². The van der Waals surface area contributed by atoms with Crippen LogP contribution < -0.4 is 0 Å². The lowest BCUT2D eigenvalue weighted by atomic mass is 9.83. The van der Waals surface area contributed by atoms with Gasteiger partial charge in [0, 0.05) is 19.6 Å². The van der Waals surface area contributed by atoms with Crippen LogP contribution in [0.15, 0.2) is 0 Å². The van der Waals surface area contributed by atoms with Crippen molar-refractivity contribution in [1.82, 2.24) is 0 Å². The monoisotopic (exact) mass is 324 g/mol. The van der Waals surface area contributed by atoms with E-state index in [1.807, 2.05) is 0 Å². The standard InChI is InChI=1S/C8H16O2.C6H14O2.C2H6O2/c9-5-7-1-2-8(6-10)4-3-7;1-5(7)4-6(2,3)8;3-1-2-4/h7-10H,1-6H2;5,7-8H,4H2,1-3H3;3-4H,1-2H2. The highest BCUT2D eigenvalue weighted by atomic mass is 16.3. The quantitative estimate of drug-likeness (QED) is 0.432. The van der Waals surface area contributed by atoms with Crippen molar-refractivity contribution in [3.05, 3.63) is 0 Å². The Morgan fingerprint density at radius 3 is 1.27 bits per heavy atom. The van der Waals surface area contributed by atoms with Crippen LogP contribution >= 0.6 is 0 Å². The first-order chi connectivity index (χ1) is 10.2.